The van der Waals surface area contributed by atoms with Crippen LogP contribution < -0.4 is 0 Å². The molecule has 1 aromatic carbocycles. The van der Waals surface area contributed by atoms with Gasteiger partial charge in [0.2, 0.25) is 0 Å². The van der Waals surface area contributed by atoms with E-state index in [2.05, 4.69) is 0 Å². The normalized spacial score (nSPS) is 23.5. The molecule has 3 rings (SSSR count). The summed E-state index contributed by atoms with van der Waals surface area (Å²) in [5.74, 6) is -1.84. The molecule has 0 N–H and O–H groups in total. The molecule has 2 heterocycles. The van der Waals surface area contributed by atoms with Crippen molar-refractivity contribution in [1.29, 1.82) is 0 Å². The van der Waals surface area contributed by atoms with Crippen LogP contribution in [0.25, 0.3) is 0 Å². The third-order valence-corrected chi connectivity index (χ3v) is 3.93. The van der Waals surface area contributed by atoms with Gasteiger partial charge in [0, 0.05) is 6.54 Å². The fraction of sp³-hybridized carbons (Fsp3) is 0.533. The third-order valence-electron chi connectivity index (χ3n) is 3.93. The summed E-state index contributed by atoms with van der Waals surface area (Å²) >= 11 is 0. The van der Waals surface area contributed by atoms with Crippen LogP contribution in [0.2, 0.25) is 0 Å². The molecule has 21 heavy (non-hydrogen) atoms. The number of halogens is 2. The third kappa shape index (κ3) is 2.91. The highest BCUT2D eigenvalue weighted by molar-refractivity contribution is 5.94. The van der Waals surface area contributed by atoms with Gasteiger partial charge in [-0.25, -0.2) is 8.78 Å². The minimum absolute atomic E-state index is 0.236. The van der Waals surface area contributed by atoms with Gasteiger partial charge in [-0.05, 0) is 37.5 Å². The number of hydrogen-bond acceptors (Lipinski definition) is 3. The summed E-state index contributed by atoms with van der Waals surface area (Å²) in [7, 11) is 0. The number of ether oxygens (including phenoxy) is 2. The quantitative estimate of drug-likeness (QED) is 0.841. The van der Waals surface area contributed by atoms with Crippen molar-refractivity contribution in [1.82, 2.24) is 4.90 Å². The van der Waals surface area contributed by atoms with Gasteiger partial charge in [-0.1, -0.05) is 0 Å². The van der Waals surface area contributed by atoms with Gasteiger partial charge < -0.3 is 14.4 Å². The fourth-order valence-corrected chi connectivity index (χ4v) is 2.91. The van der Waals surface area contributed by atoms with Crippen LogP contribution in [-0.2, 0) is 9.47 Å². The Hall–Kier alpha value is -1.53. The van der Waals surface area contributed by atoms with Crippen molar-refractivity contribution >= 4 is 5.91 Å². The van der Waals surface area contributed by atoms with Crippen LogP contribution in [0, 0.1) is 11.6 Å². The number of likely N-dealkylation sites (tertiary alicyclic amines) is 1. The molecule has 0 spiro atoms. The number of benzene rings is 1. The number of nitrogens with zero attached hydrogens (tertiary/aromatic N) is 1. The lowest BCUT2D eigenvalue weighted by atomic mass is 10.00. The minimum Gasteiger partial charge on any atom is -0.348 e. The molecule has 4 nitrogen and oxygen atoms in total. The maximum absolute atomic E-state index is 13.8. The Morgan fingerprint density at radius 3 is 2.71 bits per heavy atom. The Kier molecular flexibility index (Phi) is 4.17. The smallest absolute Gasteiger partial charge is 0.257 e. The van der Waals surface area contributed by atoms with Crippen molar-refractivity contribution in [2.45, 2.75) is 31.6 Å². The first-order valence-corrected chi connectivity index (χ1v) is 7.16. The number of carbonyl (C=O) groups is 1. The number of hydrogen-bond donors (Lipinski definition) is 0. The largest absolute Gasteiger partial charge is 0.348 e. The molecule has 6 heteroatoms. The molecule has 1 unspecified atom stereocenters. The van der Waals surface area contributed by atoms with Crippen LogP contribution in [0.3, 0.4) is 0 Å². The average Bonchev–Trinajstić information content (AvgIpc) is 3.03. The molecule has 0 aliphatic carbocycles. The van der Waals surface area contributed by atoms with Crippen LogP contribution in [0.4, 0.5) is 8.78 Å². The molecule has 2 fully saturated rings. The van der Waals surface area contributed by atoms with E-state index in [0.29, 0.717) is 19.8 Å². The van der Waals surface area contributed by atoms with E-state index in [0.717, 1.165) is 37.5 Å². The lowest BCUT2D eigenvalue weighted by Gasteiger charge is -2.38. The molecule has 2 saturated heterocycles. The zero-order chi connectivity index (χ0) is 14.8. The van der Waals surface area contributed by atoms with E-state index >= 15 is 0 Å². The monoisotopic (exact) mass is 297 g/mol. The van der Waals surface area contributed by atoms with E-state index in [1.165, 1.54) is 0 Å². The van der Waals surface area contributed by atoms with Gasteiger partial charge >= 0.3 is 0 Å². The number of amides is 1. The molecule has 1 amide bonds. The van der Waals surface area contributed by atoms with E-state index in [9.17, 15) is 13.6 Å². The molecular weight excluding hydrogens is 280 g/mol. The van der Waals surface area contributed by atoms with Crippen LogP contribution >= 0.6 is 0 Å². The van der Waals surface area contributed by atoms with Gasteiger partial charge in [0.05, 0.1) is 24.8 Å². The summed E-state index contributed by atoms with van der Waals surface area (Å²) < 4.78 is 38.0. The molecule has 0 saturated carbocycles. The lowest BCUT2D eigenvalue weighted by molar-refractivity contribution is -0.100. The van der Waals surface area contributed by atoms with E-state index < -0.39 is 23.8 Å². The summed E-state index contributed by atoms with van der Waals surface area (Å²) in [5.41, 5.74) is -0.236. The first-order chi connectivity index (χ1) is 10.2. The maximum Gasteiger partial charge on any atom is 0.257 e. The molecule has 1 aromatic rings. The van der Waals surface area contributed by atoms with Crippen LogP contribution in [0.15, 0.2) is 18.2 Å². The van der Waals surface area contributed by atoms with Crippen LogP contribution in [0.5, 0.6) is 0 Å². The standard InChI is InChI=1S/C15H17F2NO3/c16-10-4-5-12(17)11(9-10)14(19)18-6-2-1-3-13(18)15-20-7-8-21-15/h4-5,9,13,15H,1-3,6-8H2. The second-order valence-corrected chi connectivity index (χ2v) is 5.30. The Balaban J connectivity index is 1.85. The van der Waals surface area contributed by atoms with Crippen molar-refractivity contribution in [2.75, 3.05) is 19.8 Å². The summed E-state index contributed by atoms with van der Waals surface area (Å²) in [6, 6.07) is 2.68. The molecule has 0 radical (unpaired) electrons. The number of rotatable bonds is 2. The van der Waals surface area contributed by atoms with E-state index in [1.54, 1.807) is 4.90 Å². The highest BCUT2D eigenvalue weighted by Gasteiger charge is 2.37. The SMILES string of the molecule is O=C(c1cc(F)ccc1F)N1CCCCC1C1OCCO1. The zero-order valence-corrected chi connectivity index (χ0v) is 11.6. The summed E-state index contributed by atoms with van der Waals surface area (Å²) in [4.78, 5) is 14.1. The van der Waals surface area contributed by atoms with Crippen molar-refractivity contribution < 1.29 is 23.0 Å². The Labute approximate surface area is 121 Å². The topological polar surface area (TPSA) is 38.8 Å². The van der Waals surface area contributed by atoms with Crippen molar-refractivity contribution in [3.63, 3.8) is 0 Å². The first-order valence-electron chi connectivity index (χ1n) is 7.16. The van der Waals surface area contributed by atoms with Crippen LogP contribution in [-0.4, -0.2) is 42.9 Å². The summed E-state index contributed by atoms with van der Waals surface area (Å²) in [6.07, 6.45) is 2.08. The highest BCUT2D eigenvalue weighted by atomic mass is 19.1. The van der Waals surface area contributed by atoms with Gasteiger partial charge in [0.1, 0.15) is 11.6 Å². The van der Waals surface area contributed by atoms with Crippen molar-refractivity contribution in [3.8, 4) is 0 Å². The maximum atomic E-state index is 13.8. The summed E-state index contributed by atoms with van der Waals surface area (Å²) in [6.45, 7) is 1.50. The minimum atomic E-state index is -0.709. The first kappa shape index (κ1) is 14.4. The van der Waals surface area contributed by atoms with Gasteiger partial charge in [-0.15, -0.1) is 0 Å². The van der Waals surface area contributed by atoms with E-state index in [-0.39, 0.29) is 11.6 Å². The van der Waals surface area contributed by atoms with Gasteiger partial charge in [-0.2, -0.15) is 0 Å². The molecule has 2 aliphatic heterocycles. The molecule has 2 aliphatic rings. The van der Waals surface area contributed by atoms with Gasteiger partial charge in [0.25, 0.3) is 5.91 Å². The second kappa shape index (κ2) is 6.07. The van der Waals surface area contributed by atoms with E-state index in [1.807, 2.05) is 0 Å². The highest BCUT2D eigenvalue weighted by Crippen LogP contribution is 2.26. The number of carbonyl (C=O) groups excluding carboxylic acids is 1. The predicted molar refractivity (Wildman–Crippen MR) is 70.7 cm³/mol. The summed E-state index contributed by atoms with van der Waals surface area (Å²) in [5, 5.41) is 0. The van der Waals surface area contributed by atoms with Crippen LogP contribution in [0.1, 0.15) is 29.6 Å². The molecule has 114 valence electrons. The van der Waals surface area contributed by atoms with Crippen molar-refractivity contribution in [3.05, 3.63) is 35.4 Å². The van der Waals surface area contributed by atoms with Gasteiger partial charge in [0.15, 0.2) is 6.29 Å². The predicted octanol–water partition coefficient (Wildman–Crippen LogP) is 2.33. The Morgan fingerprint density at radius 2 is 1.95 bits per heavy atom. The zero-order valence-electron chi connectivity index (χ0n) is 11.6. The lowest BCUT2D eigenvalue weighted by Crippen LogP contribution is -2.50. The number of piperidine rings is 1. The fourth-order valence-electron chi connectivity index (χ4n) is 2.91. The van der Waals surface area contributed by atoms with Gasteiger partial charge in [-0.3, -0.25) is 4.79 Å². The Bertz CT molecular complexity index is 532. The van der Waals surface area contributed by atoms with Crippen molar-refractivity contribution in [2.24, 2.45) is 0 Å². The Morgan fingerprint density at radius 1 is 1.19 bits per heavy atom. The molecule has 1 atom stereocenters. The molecule has 0 bridgehead atoms. The average molecular weight is 297 g/mol. The molecule has 0 aromatic heterocycles. The van der Waals surface area contributed by atoms with E-state index in [4.69, 9.17) is 9.47 Å². The molecular formula is C15H17F2NO3. The second-order valence-electron chi connectivity index (χ2n) is 5.30.